The second-order valence-electron chi connectivity index (χ2n) is 8.29. The van der Waals surface area contributed by atoms with E-state index in [0.717, 1.165) is 0 Å². The summed E-state index contributed by atoms with van der Waals surface area (Å²) in [5.41, 5.74) is 1.09. The first-order valence-corrected chi connectivity index (χ1v) is 11.5. The monoisotopic (exact) mass is 564 g/mol. The van der Waals surface area contributed by atoms with Crippen LogP contribution in [0.4, 0.5) is 11.4 Å². The number of carbonyl (C=O) groups is 2. The van der Waals surface area contributed by atoms with Crippen LogP contribution in [-0.4, -0.2) is 94.6 Å². The van der Waals surface area contributed by atoms with Crippen LogP contribution in [0.1, 0.15) is 31.8 Å². The van der Waals surface area contributed by atoms with Crippen molar-refractivity contribution in [2.45, 2.75) is 13.3 Å². The molecule has 0 bridgehead atoms. The number of nitro benzene ring substituents is 2. The van der Waals surface area contributed by atoms with Gasteiger partial charge in [-0.15, -0.1) is 0 Å². The second-order valence-corrected chi connectivity index (χ2v) is 8.29. The van der Waals surface area contributed by atoms with Crippen molar-refractivity contribution in [1.82, 2.24) is 9.80 Å². The van der Waals surface area contributed by atoms with E-state index in [0.29, 0.717) is 11.1 Å². The van der Waals surface area contributed by atoms with Crippen molar-refractivity contribution in [2.75, 3.05) is 56.6 Å². The van der Waals surface area contributed by atoms with Crippen LogP contribution < -0.4 is 0 Å². The average Bonchev–Trinajstić information content (AvgIpc) is 2.92. The van der Waals surface area contributed by atoms with Gasteiger partial charge in [-0.1, -0.05) is 6.07 Å². The van der Waals surface area contributed by atoms with Crippen molar-refractivity contribution < 1.29 is 38.4 Å². The van der Waals surface area contributed by atoms with Gasteiger partial charge in [0.1, 0.15) is 0 Å². The van der Waals surface area contributed by atoms with E-state index in [-0.39, 0.29) is 28.9 Å². The van der Waals surface area contributed by atoms with E-state index in [4.69, 9.17) is 9.47 Å². The molecule has 0 aliphatic heterocycles. The molecule has 2 aromatic rings. The predicted molar refractivity (Wildman–Crippen MR) is 148 cm³/mol. The van der Waals surface area contributed by atoms with Gasteiger partial charge in [0, 0.05) is 46.0 Å². The van der Waals surface area contributed by atoms with Crippen molar-refractivity contribution >= 4 is 29.4 Å². The van der Waals surface area contributed by atoms with E-state index in [1.807, 2.05) is 33.1 Å². The van der Waals surface area contributed by atoms with Gasteiger partial charge in [0.25, 0.3) is 11.4 Å². The zero-order chi connectivity index (χ0) is 31.0. The van der Waals surface area contributed by atoms with Gasteiger partial charge < -0.3 is 23.8 Å². The third-order valence-corrected chi connectivity index (χ3v) is 4.85. The highest BCUT2D eigenvalue weighted by Crippen LogP contribution is 2.22. The van der Waals surface area contributed by atoms with Crippen molar-refractivity contribution in [3.05, 3.63) is 85.1 Å². The molecular formula is C26H36N4O10. The molecule has 2 aromatic carbocycles. The smallest absolute Gasteiger partial charge is 0.338 e. The Morgan fingerprint density at radius 3 is 1.60 bits per heavy atom. The number of ether oxygens (including phenoxy) is 4. The molecule has 220 valence electrons. The zero-order valence-corrected chi connectivity index (χ0v) is 24.1. The fraction of sp³-hybridized carbons (Fsp3) is 0.385. The van der Waals surface area contributed by atoms with Gasteiger partial charge >= 0.3 is 11.9 Å². The maximum absolute atomic E-state index is 11.3. The number of aryl methyl sites for hydroxylation is 1. The third-order valence-electron chi connectivity index (χ3n) is 4.85. The molecule has 0 atom stereocenters. The first-order valence-electron chi connectivity index (χ1n) is 11.5. The minimum Gasteiger partial charge on any atom is -0.465 e. The number of carbonyl (C=O) groups excluding carboxylic acids is 2. The molecule has 0 amide bonds. The van der Waals surface area contributed by atoms with E-state index < -0.39 is 21.8 Å². The summed E-state index contributed by atoms with van der Waals surface area (Å²) in [7, 11) is 13.1. The molecule has 40 heavy (non-hydrogen) atoms. The second kappa shape index (κ2) is 18.0. The number of methoxy groups -OCH3 is 4. The normalized spacial score (nSPS) is 10.3. The molecule has 14 heteroatoms. The topological polar surface area (TPSA) is 164 Å². The van der Waals surface area contributed by atoms with E-state index in [1.54, 1.807) is 38.3 Å². The lowest BCUT2D eigenvalue weighted by atomic mass is 10.1. The fourth-order valence-electron chi connectivity index (χ4n) is 2.89. The maximum atomic E-state index is 11.3. The minimum atomic E-state index is -0.596. The fourth-order valence-corrected chi connectivity index (χ4v) is 2.89. The number of rotatable bonds is 9. The SMILES string of the molecule is COC(=O)c1ccc(/C=C/N(C)C)c([N+](=O)[O-])c1.COC(=O)c1ccc(C)c([N+](=O)[O-])c1.COC(OC)N(C)C. The lowest BCUT2D eigenvalue weighted by Crippen LogP contribution is -2.30. The Hall–Kier alpha value is -4.40. The Morgan fingerprint density at radius 1 is 0.800 bits per heavy atom. The van der Waals surface area contributed by atoms with Crippen LogP contribution in [0.5, 0.6) is 0 Å². The molecule has 0 saturated carbocycles. The van der Waals surface area contributed by atoms with Crippen LogP contribution in [0.25, 0.3) is 6.08 Å². The van der Waals surface area contributed by atoms with Crippen LogP contribution in [0.2, 0.25) is 0 Å². The van der Waals surface area contributed by atoms with Gasteiger partial charge in [-0.25, -0.2) is 9.59 Å². The van der Waals surface area contributed by atoms with Gasteiger partial charge in [0.15, 0.2) is 0 Å². The van der Waals surface area contributed by atoms with Crippen molar-refractivity contribution in [3.8, 4) is 0 Å². The molecule has 2 rings (SSSR count). The first kappa shape index (κ1) is 35.6. The third kappa shape index (κ3) is 12.0. The Labute approximate surface area is 233 Å². The highest BCUT2D eigenvalue weighted by molar-refractivity contribution is 5.91. The highest BCUT2D eigenvalue weighted by atomic mass is 16.7. The molecule has 0 heterocycles. The molecule has 0 unspecified atom stereocenters. The van der Waals surface area contributed by atoms with Crippen LogP contribution in [0.15, 0.2) is 42.6 Å². The van der Waals surface area contributed by atoms with E-state index in [1.165, 1.54) is 50.6 Å². The molecule has 0 radical (unpaired) electrons. The molecule has 0 aliphatic carbocycles. The molecule has 0 aromatic heterocycles. The summed E-state index contributed by atoms with van der Waals surface area (Å²) in [6.45, 7) is 1.61. The summed E-state index contributed by atoms with van der Waals surface area (Å²) in [4.78, 5) is 46.4. The molecule has 0 fully saturated rings. The predicted octanol–water partition coefficient (Wildman–Crippen LogP) is 3.73. The van der Waals surface area contributed by atoms with Crippen LogP contribution >= 0.6 is 0 Å². The van der Waals surface area contributed by atoms with Crippen molar-refractivity contribution in [3.63, 3.8) is 0 Å². The summed E-state index contributed by atoms with van der Waals surface area (Å²) in [6.07, 6.45) is 3.09. The molecular weight excluding hydrogens is 528 g/mol. The Kier molecular flexibility index (Phi) is 16.0. The molecule has 0 N–H and O–H groups in total. The van der Waals surface area contributed by atoms with Crippen molar-refractivity contribution in [1.29, 1.82) is 0 Å². The average molecular weight is 565 g/mol. The summed E-state index contributed by atoms with van der Waals surface area (Å²) in [5.74, 6) is -1.17. The van der Waals surface area contributed by atoms with Crippen LogP contribution in [-0.2, 0) is 18.9 Å². The van der Waals surface area contributed by atoms with Gasteiger partial charge in [-0.05, 0) is 51.5 Å². The Balaban J connectivity index is 0.000000614. The van der Waals surface area contributed by atoms with Crippen LogP contribution in [0.3, 0.4) is 0 Å². The standard InChI is InChI=1S/C12H14N2O4.C9H9NO4.C5H13NO2/c1-13(2)7-6-9-4-5-10(12(15)18-3)8-11(9)14(16)17;1-6-3-4-7(9(11)14-2)5-8(6)10(12)13;1-6(2)5(7-3)8-4/h4-8H,1-3H3;3-5H,1-2H3;5H,1-4H3/b7-6+;;. The van der Waals surface area contributed by atoms with E-state index in [2.05, 4.69) is 9.47 Å². The highest BCUT2D eigenvalue weighted by Gasteiger charge is 2.16. The number of nitro groups is 2. The summed E-state index contributed by atoms with van der Waals surface area (Å²) >= 11 is 0. The maximum Gasteiger partial charge on any atom is 0.338 e. The van der Waals surface area contributed by atoms with E-state index >= 15 is 0 Å². The van der Waals surface area contributed by atoms with Gasteiger partial charge in [-0.2, -0.15) is 0 Å². The summed E-state index contributed by atoms with van der Waals surface area (Å²) in [5, 5.41) is 21.5. The minimum absolute atomic E-state index is 0.0760. The van der Waals surface area contributed by atoms with Crippen molar-refractivity contribution in [2.24, 2.45) is 0 Å². The number of nitrogens with zero attached hydrogens (tertiary/aromatic N) is 4. The quantitative estimate of drug-likeness (QED) is 0.188. The van der Waals surface area contributed by atoms with E-state index in [9.17, 15) is 29.8 Å². The molecule has 14 nitrogen and oxygen atoms in total. The number of hydrogen-bond donors (Lipinski definition) is 0. The van der Waals surface area contributed by atoms with Gasteiger partial charge in [-0.3, -0.25) is 25.1 Å². The lowest BCUT2D eigenvalue weighted by molar-refractivity contribution is -0.385. The molecule has 0 aliphatic rings. The Bertz CT molecular complexity index is 1180. The number of hydrogen-bond acceptors (Lipinski definition) is 12. The summed E-state index contributed by atoms with van der Waals surface area (Å²) < 4.78 is 18.7. The van der Waals surface area contributed by atoms with Gasteiger partial charge in [0.05, 0.1) is 40.8 Å². The zero-order valence-electron chi connectivity index (χ0n) is 24.1. The largest absolute Gasteiger partial charge is 0.465 e. The number of benzene rings is 2. The number of esters is 2. The molecule has 0 saturated heterocycles. The first-order chi connectivity index (χ1) is 18.7. The van der Waals surface area contributed by atoms with Crippen LogP contribution in [0, 0.1) is 27.2 Å². The summed E-state index contributed by atoms with van der Waals surface area (Å²) in [6, 6.07) is 8.44. The lowest BCUT2D eigenvalue weighted by Gasteiger charge is -2.19. The Morgan fingerprint density at radius 2 is 1.25 bits per heavy atom. The molecule has 0 spiro atoms. The van der Waals surface area contributed by atoms with Gasteiger partial charge in [0.2, 0.25) is 6.41 Å².